The van der Waals surface area contributed by atoms with Gasteiger partial charge in [-0.15, -0.1) is 0 Å². The van der Waals surface area contributed by atoms with Crippen LogP contribution < -0.4 is 10.1 Å². The molecular weight excluding hydrogens is 438 g/mol. The fourth-order valence-electron chi connectivity index (χ4n) is 1.71. The van der Waals surface area contributed by atoms with E-state index < -0.39 is 0 Å². The first-order chi connectivity index (χ1) is 9.10. The zero-order valence-electron chi connectivity index (χ0n) is 10.2. The second kappa shape index (κ2) is 6.77. The normalized spacial score (nSPS) is 10.3. The minimum atomic E-state index is 0.697. The lowest BCUT2D eigenvalue weighted by atomic mass is 10.2. The van der Waals surface area contributed by atoms with Gasteiger partial charge in [-0.2, -0.15) is 0 Å². The molecule has 2 nitrogen and oxygen atoms in total. The van der Waals surface area contributed by atoms with Crippen molar-refractivity contribution in [2.24, 2.45) is 0 Å². The van der Waals surface area contributed by atoms with Gasteiger partial charge < -0.3 is 10.1 Å². The van der Waals surface area contributed by atoms with Gasteiger partial charge in [0.2, 0.25) is 0 Å². The first-order valence-electron chi connectivity index (χ1n) is 5.61. The topological polar surface area (TPSA) is 21.3 Å². The summed E-state index contributed by atoms with van der Waals surface area (Å²) in [4.78, 5) is 0. The molecule has 0 radical (unpaired) electrons. The number of rotatable bonds is 4. The van der Waals surface area contributed by atoms with Crippen LogP contribution in [0.4, 0.5) is 5.69 Å². The van der Waals surface area contributed by atoms with E-state index in [1.807, 2.05) is 30.3 Å². The second-order valence-corrected chi connectivity index (χ2v) is 6.62. The van der Waals surface area contributed by atoms with E-state index in [1.54, 1.807) is 7.11 Å². The summed E-state index contributed by atoms with van der Waals surface area (Å²) in [6.45, 7) is 0.697. The molecule has 5 heteroatoms. The van der Waals surface area contributed by atoms with Crippen molar-refractivity contribution < 1.29 is 4.74 Å². The molecule has 0 saturated carbocycles. The van der Waals surface area contributed by atoms with Crippen molar-refractivity contribution >= 4 is 53.5 Å². The van der Waals surface area contributed by atoms with Crippen LogP contribution >= 0.6 is 47.8 Å². The summed E-state index contributed by atoms with van der Waals surface area (Å²) in [7, 11) is 1.68. The van der Waals surface area contributed by atoms with Crippen LogP contribution in [-0.2, 0) is 6.54 Å². The van der Waals surface area contributed by atoms with Gasteiger partial charge in [-0.05, 0) is 52.3 Å². The van der Waals surface area contributed by atoms with E-state index in [1.165, 1.54) is 0 Å². The van der Waals surface area contributed by atoms with Crippen molar-refractivity contribution in [3.8, 4) is 5.75 Å². The van der Waals surface area contributed by atoms with E-state index in [0.717, 1.165) is 30.4 Å². The average molecular weight is 450 g/mol. The summed E-state index contributed by atoms with van der Waals surface area (Å²) in [5.41, 5.74) is 2.15. The Bertz CT molecular complexity index is 587. The summed E-state index contributed by atoms with van der Waals surface area (Å²) in [6, 6.07) is 12.0. The summed E-state index contributed by atoms with van der Waals surface area (Å²) < 4.78 is 8.47. The first kappa shape index (κ1) is 14.9. The Morgan fingerprint density at radius 1 is 1.00 bits per heavy atom. The number of nitrogens with one attached hydrogen (secondary N) is 1. The molecule has 2 aromatic carbocycles. The predicted molar refractivity (Wildman–Crippen MR) is 89.9 cm³/mol. The van der Waals surface area contributed by atoms with E-state index in [-0.39, 0.29) is 0 Å². The fraction of sp³-hybridized carbons (Fsp3) is 0.143. The molecule has 0 amide bonds. The van der Waals surface area contributed by atoms with Crippen LogP contribution in [0.1, 0.15) is 5.56 Å². The van der Waals surface area contributed by atoms with E-state index in [2.05, 4.69) is 59.2 Å². The Hall–Kier alpha value is -0.520. The van der Waals surface area contributed by atoms with Crippen LogP contribution in [0.25, 0.3) is 0 Å². The largest absolute Gasteiger partial charge is 0.496 e. The highest BCUT2D eigenvalue weighted by Gasteiger charge is 2.05. The van der Waals surface area contributed by atoms with Gasteiger partial charge in [0.25, 0.3) is 0 Å². The van der Waals surface area contributed by atoms with Crippen LogP contribution in [0.5, 0.6) is 5.75 Å². The highest BCUT2D eigenvalue weighted by Crippen LogP contribution is 2.28. The van der Waals surface area contributed by atoms with Crippen LogP contribution in [-0.4, -0.2) is 7.11 Å². The Labute approximate surface area is 137 Å². The Kier molecular flexibility index (Phi) is 5.30. The number of hydrogen-bond donors (Lipinski definition) is 1. The number of benzene rings is 2. The van der Waals surface area contributed by atoms with Gasteiger partial charge in [-0.1, -0.05) is 31.9 Å². The number of anilines is 1. The molecule has 0 fully saturated rings. The quantitative estimate of drug-likeness (QED) is 0.656. The highest BCUT2D eigenvalue weighted by atomic mass is 79.9. The molecule has 0 aliphatic carbocycles. The van der Waals surface area contributed by atoms with Crippen molar-refractivity contribution in [2.45, 2.75) is 6.54 Å². The summed E-state index contributed by atoms with van der Waals surface area (Å²) in [5.74, 6) is 0.879. The maximum Gasteiger partial charge on any atom is 0.123 e. The van der Waals surface area contributed by atoms with Gasteiger partial charge in [-0.25, -0.2) is 0 Å². The number of ether oxygens (including phenoxy) is 1. The summed E-state index contributed by atoms with van der Waals surface area (Å²) >= 11 is 10.5. The molecule has 0 aromatic heterocycles. The van der Waals surface area contributed by atoms with Crippen LogP contribution in [0.15, 0.2) is 49.8 Å². The Morgan fingerprint density at radius 2 is 1.68 bits per heavy atom. The Balaban J connectivity index is 2.16. The fourth-order valence-corrected chi connectivity index (χ4v) is 3.30. The third-order valence-corrected chi connectivity index (χ3v) is 4.29. The number of hydrogen-bond acceptors (Lipinski definition) is 2. The van der Waals surface area contributed by atoms with Gasteiger partial charge in [0.05, 0.1) is 7.11 Å². The van der Waals surface area contributed by atoms with Gasteiger partial charge in [0, 0.05) is 31.2 Å². The van der Waals surface area contributed by atoms with Gasteiger partial charge >= 0.3 is 0 Å². The predicted octanol–water partition coefficient (Wildman–Crippen LogP) is 5.59. The van der Waals surface area contributed by atoms with Crippen molar-refractivity contribution in [1.29, 1.82) is 0 Å². The summed E-state index contributed by atoms with van der Waals surface area (Å²) in [6.07, 6.45) is 0. The minimum absolute atomic E-state index is 0.697. The lowest BCUT2D eigenvalue weighted by molar-refractivity contribution is 0.410. The molecule has 0 aliphatic rings. The van der Waals surface area contributed by atoms with E-state index in [9.17, 15) is 0 Å². The molecule has 0 bridgehead atoms. The van der Waals surface area contributed by atoms with Crippen molar-refractivity contribution in [3.63, 3.8) is 0 Å². The lowest BCUT2D eigenvalue weighted by Crippen LogP contribution is -2.02. The van der Waals surface area contributed by atoms with Gasteiger partial charge in [0.1, 0.15) is 5.75 Å². The molecule has 0 heterocycles. The van der Waals surface area contributed by atoms with E-state index >= 15 is 0 Å². The van der Waals surface area contributed by atoms with Crippen molar-refractivity contribution in [2.75, 3.05) is 12.4 Å². The molecule has 0 unspecified atom stereocenters. The van der Waals surface area contributed by atoms with Crippen molar-refractivity contribution in [3.05, 3.63) is 55.4 Å². The molecular formula is C14H12Br3NO. The molecule has 19 heavy (non-hydrogen) atoms. The number of halogens is 3. The maximum atomic E-state index is 5.36. The first-order valence-corrected chi connectivity index (χ1v) is 7.99. The third-order valence-electron chi connectivity index (χ3n) is 2.64. The Morgan fingerprint density at radius 3 is 2.37 bits per heavy atom. The zero-order chi connectivity index (χ0) is 13.8. The van der Waals surface area contributed by atoms with E-state index in [4.69, 9.17) is 4.74 Å². The van der Waals surface area contributed by atoms with Crippen LogP contribution in [0.2, 0.25) is 0 Å². The summed E-state index contributed by atoms with van der Waals surface area (Å²) in [5, 5.41) is 3.39. The molecule has 2 rings (SSSR count). The van der Waals surface area contributed by atoms with Crippen molar-refractivity contribution in [1.82, 2.24) is 0 Å². The van der Waals surface area contributed by atoms with Crippen LogP contribution in [0, 0.1) is 0 Å². The van der Waals surface area contributed by atoms with Crippen LogP contribution in [0.3, 0.4) is 0 Å². The maximum absolute atomic E-state index is 5.36. The minimum Gasteiger partial charge on any atom is -0.496 e. The molecule has 0 spiro atoms. The number of methoxy groups -OCH3 is 1. The third kappa shape index (κ3) is 3.97. The zero-order valence-corrected chi connectivity index (χ0v) is 15.0. The molecule has 1 N–H and O–H groups in total. The average Bonchev–Trinajstić information content (AvgIpc) is 2.38. The lowest BCUT2D eigenvalue weighted by Gasteiger charge is -2.12. The molecule has 0 atom stereocenters. The molecule has 0 aliphatic heterocycles. The second-order valence-electron chi connectivity index (χ2n) is 3.93. The monoisotopic (exact) mass is 447 g/mol. The van der Waals surface area contributed by atoms with Gasteiger partial charge in [-0.3, -0.25) is 0 Å². The smallest absolute Gasteiger partial charge is 0.123 e. The van der Waals surface area contributed by atoms with E-state index in [0.29, 0.717) is 6.54 Å². The molecule has 0 saturated heterocycles. The standard InChI is InChI=1S/C14H12Br3NO/c1-19-14-5-3-10(15)6-9(14)8-18-13-4-2-11(16)7-12(13)17/h2-7,18H,8H2,1H3. The molecule has 100 valence electrons. The highest BCUT2D eigenvalue weighted by molar-refractivity contribution is 9.11. The molecule has 2 aromatic rings. The SMILES string of the molecule is COc1ccc(Br)cc1CNc1ccc(Br)cc1Br. The van der Waals surface area contributed by atoms with Gasteiger partial charge in [0.15, 0.2) is 0 Å².